The molecule has 2 aromatic heterocycles. The third-order valence-electron chi connectivity index (χ3n) is 12.1. The van der Waals surface area contributed by atoms with E-state index in [-0.39, 0.29) is 30.1 Å². The van der Waals surface area contributed by atoms with E-state index >= 15 is 4.39 Å². The molecule has 380 valence electrons. The highest BCUT2D eigenvalue weighted by Gasteiger charge is 2.52. The minimum Gasteiger partial charge on any atom is -0.477 e. The van der Waals surface area contributed by atoms with Crippen molar-refractivity contribution in [3.05, 3.63) is 87.9 Å². The van der Waals surface area contributed by atoms with Gasteiger partial charge in [0.05, 0.1) is 51.9 Å². The van der Waals surface area contributed by atoms with Gasteiger partial charge in [-0.15, -0.1) is 11.3 Å². The van der Waals surface area contributed by atoms with Crippen LogP contribution in [0.2, 0.25) is 0 Å². The number of amides is 4. The summed E-state index contributed by atoms with van der Waals surface area (Å²) in [5.74, 6) is -3.23. The molecule has 71 heavy (non-hydrogen) atoms. The summed E-state index contributed by atoms with van der Waals surface area (Å²) in [6.07, 6.45) is -0.772. The Hall–Kier alpha value is -6.08. The van der Waals surface area contributed by atoms with Crippen LogP contribution >= 0.6 is 23.6 Å². The molecule has 15 nitrogen and oxygen atoms in total. The van der Waals surface area contributed by atoms with Crippen LogP contribution in [0, 0.1) is 36.4 Å². The predicted octanol–water partition coefficient (Wildman–Crippen LogP) is 8.19. The van der Waals surface area contributed by atoms with Crippen molar-refractivity contribution in [2.24, 2.45) is 5.41 Å². The second-order valence-electron chi connectivity index (χ2n) is 18.9. The molecular formula is C50H58F4N8O7S2. The summed E-state index contributed by atoms with van der Waals surface area (Å²) in [6, 6.07) is 11.2. The number of carbonyl (C=O) groups excluding carboxylic acids is 4. The Morgan fingerprint density at radius 2 is 1.69 bits per heavy atom. The molecule has 6 rings (SSSR count). The molecule has 4 heterocycles. The molecule has 2 N–H and O–H groups in total. The number of nitriles is 1. The van der Waals surface area contributed by atoms with Gasteiger partial charge >= 0.3 is 6.18 Å². The maximum absolute atomic E-state index is 15.4. The summed E-state index contributed by atoms with van der Waals surface area (Å²) < 4.78 is 73.9. The molecule has 4 amide bonds. The Labute approximate surface area is 419 Å². The van der Waals surface area contributed by atoms with E-state index in [1.54, 1.807) is 29.2 Å². The number of likely N-dealkylation sites (tertiary alicyclic amines) is 1. The summed E-state index contributed by atoms with van der Waals surface area (Å²) in [7, 11) is 0. The number of hydrogen-bond donors (Lipinski definition) is 2. The number of thiocarbonyl (C=S) groups is 1. The number of halogens is 4. The summed E-state index contributed by atoms with van der Waals surface area (Å²) in [4.78, 5) is 67.3. The first-order valence-electron chi connectivity index (χ1n) is 23.2. The van der Waals surface area contributed by atoms with Crippen molar-refractivity contribution in [3.63, 3.8) is 0 Å². The fraction of sp³-hybridized carbons (Fsp3) is 0.480. The van der Waals surface area contributed by atoms with Gasteiger partial charge in [-0.1, -0.05) is 45.0 Å². The standard InChI is InChI=1S/C50H58F4N8O7S2/c1-30-24-35(62-47(70)61(46(66)49(62,6)7)36-18-17-34(25-55)39(40(36)51)50(52,53)54)27-57-44(30)69-23-9-8-20-67-21-11-22-68-28-38(63)59-42(48(3,4)5)45(65)60-19-10-12-37(60)43(64)56-26-32-13-15-33(16-14-32)41-31(2)58-29-71-41/h13-18,24,27,29,37,42H,8-12,19-23,26,28H2,1-7H3,(H,56,64)(H,59,63)/t37-,42?/m0/s1. The van der Waals surface area contributed by atoms with Crippen molar-refractivity contribution in [2.75, 3.05) is 49.4 Å². The predicted molar refractivity (Wildman–Crippen MR) is 263 cm³/mol. The Kier molecular flexibility index (Phi) is 17.6. The SMILES string of the molecule is Cc1cc(N2C(=S)N(c3ccc(C#N)c(C(F)(F)F)c3F)C(=O)C2(C)C)cnc1OCCCCOCCCOCC(=O)NC(C(=O)N1CCC[C@H]1C(=O)NCc1ccc(-c2scnc2C)cc1)C(C)(C)C. The Balaban J connectivity index is 0.878. The Morgan fingerprint density at radius 1 is 1.00 bits per heavy atom. The molecule has 0 spiro atoms. The number of nitrogens with one attached hydrogen (secondary N) is 2. The number of thiazole rings is 1. The first-order valence-corrected chi connectivity index (χ1v) is 24.5. The number of benzene rings is 2. The average Bonchev–Trinajstić information content (AvgIpc) is 4.02. The second kappa shape index (κ2) is 23.0. The van der Waals surface area contributed by atoms with Crippen LogP contribution in [0.1, 0.15) is 94.7 Å². The molecule has 4 aromatic rings. The lowest BCUT2D eigenvalue weighted by Crippen LogP contribution is -2.58. The smallest absolute Gasteiger partial charge is 0.420 e. The van der Waals surface area contributed by atoms with Gasteiger partial charge in [-0.3, -0.25) is 24.1 Å². The number of pyridine rings is 1. The molecular weight excluding hydrogens is 965 g/mol. The van der Waals surface area contributed by atoms with E-state index in [0.717, 1.165) is 33.8 Å². The normalized spacial score (nSPS) is 16.3. The number of carbonyl (C=O) groups is 4. The maximum Gasteiger partial charge on any atom is 0.420 e. The van der Waals surface area contributed by atoms with Crippen LogP contribution in [-0.4, -0.2) is 101 Å². The summed E-state index contributed by atoms with van der Waals surface area (Å²) in [5.41, 5.74) is 0.186. The molecule has 0 bridgehead atoms. The van der Waals surface area contributed by atoms with Gasteiger partial charge in [0, 0.05) is 38.5 Å². The van der Waals surface area contributed by atoms with Gasteiger partial charge < -0.3 is 34.6 Å². The first kappa shape index (κ1) is 54.3. The molecule has 2 saturated heterocycles. The molecule has 0 aliphatic carbocycles. The maximum atomic E-state index is 15.4. The summed E-state index contributed by atoms with van der Waals surface area (Å²) >= 11 is 7.11. The van der Waals surface area contributed by atoms with Crippen LogP contribution in [0.25, 0.3) is 10.4 Å². The highest BCUT2D eigenvalue weighted by Crippen LogP contribution is 2.42. The van der Waals surface area contributed by atoms with Crippen LogP contribution in [0.15, 0.2) is 54.2 Å². The van der Waals surface area contributed by atoms with Gasteiger partial charge in [0.1, 0.15) is 29.8 Å². The van der Waals surface area contributed by atoms with Gasteiger partial charge in [0.15, 0.2) is 10.9 Å². The van der Waals surface area contributed by atoms with Crippen molar-refractivity contribution in [1.29, 1.82) is 5.26 Å². The van der Waals surface area contributed by atoms with Crippen molar-refractivity contribution < 1.29 is 51.0 Å². The molecule has 1 unspecified atom stereocenters. The van der Waals surface area contributed by atoms with Crippen LogP contribution in [0.4, 0.5) is 28.9 Å². The van der Waals surface area contributed by atoms with Gasteiger partial charge in [-0.05, 0) is 107 Å². The average molecular weight is 1020 g/mol. The van der Waals surface area contributed by atoms with Gasteiger partial charge in [0.2, 0.25) is 23.6 Å². The van der Waals surface area contributed by atoms with Gasteiger partial charge in [-0.2, -0.15) is 18.4 Å². The van der Waals surface area contributed by atoms with E-state index in [0.29, 0.717) is 87.0 Å². The summed E-state index contributed by atoms with van der Waals surface area (Å²) in [5, 5.41) is 14.7. The number of unbranched alkanes of at least 4 members (excludes halogenated alkanes) is 1. The zero-order valence-electron chi connectivity index (χ0n) is 40.7. The largest absolute Gasteiger partial charge is 0.477 e. The van der Waals surface area contributed by atoms with Gasteiger partial charge in [-0.25, -0.2) is 14.4 Å². The van der Waals surface area contributed by atoms with Crippen LogP contribution in [0.3, 0.4) is 0 Å². The van der Waals surface area contributed by atoms with E-state index in [2.05, 4.69) is 20.6 Å². The Bertz CT molecular complexity index is 2650. The van der Waals surface area contributed by atoms with Crippen LogP contribution in [0.5, 0.6) is 5.88 Å². The minimum atomic E-state index is -5.20. The molecule has 2 atom stereocenters. The minimum absolute atomic E-state index is 0.236. The number of ether oxygens (including phenoxy) is 3. The van der Waals surface area contributed by atoms with E-state index < -0.39 is 63.7 Å². The monoisotopic (exact) mass is 1020 g/mol. The quantitative estimate of drug-likeness (QED) is 0.0494. The van der Waals surface area contributed by atoms with Crippen molar-refractivity contribution in [1.82, 2.24) is 25.5 Å². The van der Waals surface area contributed by atoms with E-state index in [1.165, 1.54) is 31.0 Å². The van der Waals surface area contributed by atoms with Crippen molar-refractivity contribution in [3.8, 4) is 22.4 Å². The number of nitrogens with zero attached hydrogens (tertiary/aromatic N) is 6. The molecule has 2 aliphatic rings. The number of hydrogen-bond acceptors (Lipinski definition) is 12. The van der Waals surface area contributed by atoms with Crippen LogP contribution < -0.4 is 25.2 Å². The summed E-state index contributed by atoms with van der Waals surface area (Å²) in [6.45, 7) is 14.2. The van der Waals surface area contributed by atoms with Crippen LogP contribution in [-0.2, 0) is 41.4 Å². The lowest BCUT2D eigenvalue weighted by Gasteiger charge is -2.35. The fourth-order valence-electron chi connectivity index (χ4n) is 8.35. The Morgan fingerprint density at radius 3 is 2.34 bits per heavy atom. The molecule has 2 fully saturated rings. The van der Waals surface area contributed by atoms with Gasteiger partial charge in [0.25, 0.3) is 5.91 Å². The number of aryl methyl sites for hydroxylation is 2. The number of alkyl halides is 3. The third-order valence-corrected chi connectivity index (χ3v) is 13.5. The highest BCUT2D eigenvalue weighted by molar-refractivity contribution is 7.81. The van der Waals surface area contributed by atoms with E-state index in [1.807, 2.05) is 57.5 Å². The van der Waals surface area contributed by atoms with E-state index in [4.69, 9.17) is 26.4 Å². The number of aromatic nitrogens is 2. The molecule has 2 aromatic carbocycles. The van der Waals surface area contributed by atoms with Crippen molar-refractivity contribution >= 4 is 63.7 Å². The fourth-order valence-corrected chi connectivity index (χ4v) is 9.68. The molecule has 2 aliphatic heterocycles. The zero-order chi connectivity index (χ0) is 51.8. The molecule has 0 saturated carbocycles. The van der Waals surface area contributed by atoms with Crippen molar-refractivity contribution in [2.45, 2.75) is 111 Å². The zero-order valence-corrected chi connectivity index (χ0v) is 42.3. The number of anilines is 2. The highest BCUT2D eigenvalue weighted by atomic mass is 32.1. The van der Waals surface area contributed by atoms with E-state index in [9.17, 15) is 37.6 Å². The lowest BCUT2D eigenvalue weighted by molar-refractivity contribution is -0.144. The second-order valence-corrected chi connectivity index (χ2v) is 20.1. The number of rotatable bonds is 20. The molecule has 21 heteroatoms. The lowest BCUT2D eigenvalue weighted by atomic mass is 9.85. The molecule has 0 radical (unpaired) electrons. The first-order chi connectivity index (χ1) is 33.6. The third kappa shape index (κ3) is 12.7. The topological polar surface area (TPSA) is 179 Å².